The summed E-state index contributed by atoms with van der Waals surface area (Å²) >= 11 is 1.05. The molecule has 1 heterocycles. The average Bonchev–Trinajstić information content (AvgIpc) is 2.55. The zero-order valence-electron chi connectivity index (χ0n) is 6.56. The molecule has 1 rings (SSSR count). The van der Waals surface area contributed by atoms with E-state index in [9.17, 15) is 13.2 Å². The molecule has 0 aliphatic heterocycles. The van der Waals surface area contributed by atoms with Crippen LogP contribution in [0.2, 0.25) is 0 Å². The molecule has 1 aromatic heterocycles. The fourth-order valence-electron chi connectivity index (χ4n) is 0.641. The number of amides is 1. The van der Waals surface area contributed by atoms with Gasteiger partial charge >= 0.3 is 0 Å². The summed E-state index contributed by atoms with van der Waals surface area (Å²) in [4.78, 5) is 10.7. The molecule has 13 heavy (non-hydrogen) atoms. The van der Waals surface area contributed by atoms with Crippen molar-refractivity contribution in [3.05, 3.63) is 30.2 Å². The highest BCUT2D eigenvalue weighted by atomic mass is 32.2. The Hall–Kier alpha value is -1.14. The summed E-state index contributed by atoms with van der Waals surface area (Å²) < 4.78 is 24.5. The van der Waals surface area contributed by atoms with Gasteiger partial charge in [-0.05, 0) is 17.5 Å². The van der Waals surface area contributed by atoms with Crippen LogP contribution in [0, 0.1) is 0 Å². The maximum atomic E-state index is 11.3. The van der Waals surface area contributed by atoms with Crippen LogP contribution in [0.15, 0.2) is 34.4 Å². The molecule has 1 aromatic rings. The van der Waals surface area contributed by atoms with Crippen LogP contribution in [-0.4, -0.2) is 14.3 Å². The number of carbonyl (C=O) groups excluding carboxylic acids is 1. The maximum Gasteiger partial charge on any atom is 0.273 e. The first kappa shape index (κ1) is 9.94. The summed E-state index contributed by atoms with van der Waals surface area (Å²) in [5, 5.41) is 1.62. The van der Waals surface area contributed by atoms with E-state index in [-0.39, 0.29) is 4.21 Å². The van der Waals surface area contributed by atoms with Gasteiger partial charge in [-0.2, -0.15) is 0 Å². The lowest BCUT2D eigenvalue weighted by atomic mass is 10.6. The van der Waals surface area contributed by atoms with Crippen LogP contribution in [-0.2, 0) is 14.8 Å². The number of thiophene rings is 1. The Morgan fingerprint density at radius 2 is 2.31 bits per heavy atom. The summed E-state index contributed by atoms with van der Waals surface area (Å²) in [6, 6.07) is 3.01. The van der Waals surface area contributed by atoms with Crippen LogP contribution in [0.4, 0.5) is 0 Å². The third-order valence-corrected chi connectivity index (χ3v) is 3.92. The Bertz CT molecular complexity index is 405. The molecule has 1 N–H and O–H groups in total. The zero-order valence-corrected chi connectivity index (χ0v) is 8.19. The standard InChI is InChI=1S/C7H7NO3S2/c1-2-6(9)8-13(10,11)7-4-3-5-12-7/h2-5H,1H2,(H,8,9). The van der Waals surface area contributed by atoms with Crippen LogP contribution < -0.4 is 4.72 Å². The Balaban J connectivity index is 2.91. The molecule has 0 atom stereocenters. The van der Waals surface area contributed by atoms with Crippen molar-refractivity contribution < 1.29 is 13.2 Å². The molecule has 0 aromatic carbocycles. The smallest absolute Gasteiger partial charge is 0.269 e. The molecule has 0 fully saturated rings. The van der Waals surface area contributed by atoms with Crippen LogP contribution in [0.25, 0.3) is 0 Å². The lowest BCUT2D eigenvalue weighted by Crippen LogP contribution is -2.28. The highest BCUT2D eigenvalue weighted by molar-refractivity contribution is 7.92. The van der Waals surface area contributed by atoms with E-state index in [1.165, 1.54) is 6.07 Å². The number of sulfonamides is 1. The fraction of sp³-hybridized carbons (Fsp3) is 0. The van der Waals surface area contributed by atoms with Crippen molar-refractivity contribution in [1.29, 1.82) is 0 Å². The molecular formula is C7H7NO3S2. The topological polar surface area (TPSA) is 63.2 Å². The van der Waals surface area contributed by atoms with Crippen molar-refractivity contribution in [3.8, 4) is 0 Å². The first-order chi connectivity index (χ1) is 6.06. The lowest BCUT2D eigenvalue weighted by molar-refractivity contribution is -0.114. The van der Waals surface area contributed by atoms with E-state index in [1.54, 1.807) is 11.4 Å². The van der Waals surface area contributed by atoms with E-state index in [2.05, 4.69) is 6.58 Å². The monoisotopic (exact) mass is 217 g/mol. The third-order valence-electron chi connectivity index (χ3n) is 1.18. The minimum absolute atomic E-state index is 0.114. The largest absolute Gasteiger partial charge is 0.273 e. The van der Waals surface area contributed by atoms with Gasteiger partial charge in [0.05, 0.1) is 0 Å². The molecule has 0 bridgehead atoms. The van der Waals surface area contributed by atoms with Gasteiger partial charge < -0.3 is 0 Å². The number of nitrogens with one attached hydrogen (secondary N) is 1. The second-order valence-corrected chi connectivity index (χ2v) is 4.96. The normalized spacial score (nSPS) is 10.8. The Labute approximate surface area is 79.9 Å². The van der Waals surface area contributed by atoms with E-state index in [4.69, 9.17) is 0 Å². The van der Waals surface area contributed by atoms with Crippen molar-refractivity contribution in [3.63, 3.8) is 0 Å². The van der Waals surface area contributed by atoms with Gasteiger partial charge in [0.2, 0.25) is 0 Å². The number of hydrogen-bond donors (Lipinski definition) is 1. The molecule has 0 aliphatic carbocycles. The van der Waals surface area contributed by atoms with Crippen molar-refractivity contribution >= 4 is 27.3 Å². The second-order valence-electron chi connectivity index (χ2n) is 2.11. The van der Waals surface area contributed by atoms with E-state index in [0.717, 1.165) is 17.4 Å². The summed E-state index contributed by atoms with van der Waals surface area (Å²) in [5.74, 6) is -0.728. The van der Waals surface area contributed by atoms with E-state index < -0.39 is 15.9 Å². The minimum Gasteiger partial charge on any atom is -0.269 e. The summed E-state index contributed by atoms with van der Waals surface area (Å²) in [5.41, 5.74) is 0. The highest BCUT2D eigenvalue weighted by Gasteiger charge is 2.16. The minimum atomic E-state index is -3.68. The Morgan fingerprint density at radius 1 is 1.62 bits per heavy atom. The third kappa shape index (κ3) is 2.40. The molecule has 0 saturated heterocycles. The Kier molecular flexibility index (Phi) is 2.84. The zero-order chi connectivity index (χ0) is 9.90. The molecular weight excluding hydrogens is 210 g/mol. The van der Waals surface area contributed by atoms with Gasteiger partial charge in [-0.25, -0.2) is 13.1 Å². The van der Waals surface area contributed by atoms with Crippen molar-refractivity contribution in [1.82, 2.24) is 4.72 Å². The quantitative estimate of drug-likeness (QED) is 0.759. The first-order valence-electron chi connectivity index (χ1n) is 3.29. The predicted molar refractivity (Wildman–Crippen MR) is 49.8 cm³/mol. The second kappa shape index (κ2) is 3.71. The van der Waals surface area contributed by atoms with Gasteiger partial charge in [-0.3, -0.25) is 4.79 Å². The molecule has 6 heteroatoms. The number of rotatable bonds is 3. The summed E-state index contributed by atoms with van der Waals surface area (Å²) in [6.45, 7) is 3.15. The fourth-order valence-corrected chi connectivity index (χ4v) is 2.59. The van der Waals surface area contributed by atoms with Crippen LogP contribution in [0.1, 0.15) is 0 Å². The van der Waals surface area contributed by atoms with Crippen LogP contribution >= 0.6 is 11.3 Å². The molecule has 0 saturated carbocycles. The lowest BCUT2D eigenvalue weighted by Gasteiger charge is -2.00. The molecule has 4 nitrogen and oxygen atoms in total. The predicted octanol–water partition coefficient (Wildman–Crippen LogP) is 0.739. The van der Waals surface area contributed by atoms with Crippen molar-refractivity contribution in [2.24, 2.45) is 0 Å². The van der Waals surface area contributed by atoms with Gasteiger partial charge in [0.1, 0.15) is 4.21 Å². The molecule has 0 radical (unpaired) electrons. The van der Waals surface area contributed by atoms with Gasteiger partial charge in [0, 0.05) is 0 Å². The first-order valence-corrected chi connectivity index (χ1v) is 5.65. The average molecular weight is 217 g/mol. The molecule has 1 amide bonds. The molecule has 0 spiro atoms. The summed E-state index contributed by atoms with van der Waals surface area (Å²) in [7, 11) is -3.68. The van der Waals surface area contributed by atoms with Crippen molar-refractivity contribution in [2.75, 3.05) is 0 Å². The van der Waals surface area contributed by atoms with Gasteiger partial charge in [0.25, 0.3) is 15.9 Å². The Morgan fingerprint density at radius 3 is 2.77 bits per heavy atom. The molecule has 0 aliphatic rings. The number of carbonyl (C=O) groups is 1. The SMILES string of the molecule is C=CC(=O)NS(=O)(=O)c1cccs1. The van der Waals surface area contributed by atoms with Gasteiger partial charge in [-0.15, -0.1) is 11.3 Å². The molecule has 70 valence electrons. The highest BCUT2D eigenvalue weighted by Crippen LogP contribution is 2.14. The summed E-state index contributed by atoms with van der Waals surface area (Å²) in [6.07, 6.45) is 0.908. The van der Waals surface area contributed by atoms with Crippen molar-refractivity contribution in [2.45, 2.75) is 4.21 Å². The van der Waals surface area contributed by atoms with Gasteiger partial charge in [0.15, 0.2) is 0 Å². The van der Waals surface area contributed by atoms with E-state index >= 15 is 0 Å². The maximum absolute atomic E-state index is 11.3. The van der Waals surface area contributed by atoms with Crippen LogP contribution in [0.3, 0.4) is 0 Å². The van der Waals surface area contributed by atoms with Crippen LogP contribution in [0.5, 0.6) is 0 Å². The number of hydrogen-bond acceptors (Lipinski definition) is 4. The van der Waals surface area contributed by atoms with Gasteiger partial charge in [-0.1, -0.05) is 12.6 Å². The van der Waals surface area contributed by atoms with E-state index in [0.29, 0.717) is 0 Å². The molecule has 0 unspecified atom stereocenters. The van der Waals surface area contributed by atoms with E-state index in [1.807, 2.05) is 4.72 Å².